The van der Waals surface area contributed by atoms with Crippen LogP contribution in [-0.2, 0) is 0 Å². The van der Waals surface area contributed by atoms with Crippen molar-refractivity contribution in [2.24, 2.45) is 0 Å². The van der Waals surface area contributed by atoms with E-state index in [0.29, 0.717) is 27.7 Å². The molecule has 1 heterocycles. The first-order valence-electron chi connectivity index (χ1n) is 8.14. The summed E-state index contributed by atoms with van der Waals surface area (Å²) in [5, 5.41) is 14.1. The second-order valence-electron chi connectivity index (χ2n) is 5.82. The molecule has 0 fully saturated rings. The van der Waals surface area contributed by atoms with Crippen LogP contribution in [0.3, 0.4) is 0 Å². The monoisotopic (exact) mass is 327 g/mol. The molecule has 0 aliphatic heterocycles. The number of hydrogen-bond donors (Lipinski definition) is 2. The zero-order valence-electron chi connectivity index (χ0n) is 13.8. The minimum absolute atomic E-state index is 0.0606. The zero-order valence-corrected chi connectivity index (χ0v) is 13.8. The molecule has 24 heavy (non-hydrogen) atoms. The van der Waals surface area contributed by atoms with E-state index in [-0.39, 0.29) is 5.43 Å². The largest absolute Gasteiger partial charge is 0.472 e. The van der Waals surface area contributed by atoms with E-state index in [9.17, 15) is 9.90 Å². The van der Waals surface area contributed by atoms with Crippen LogP contribution in [0.5, 0.6) is 5.75 Å². The Morgan fingerprint density at radius 1 is 1.17 bits per heavy atom. The van der Waals surface area contributed by atoms with Crippen LogP contribution in [0.25, 0.3) is 21.9 Å². The third-order valence-corrected chi connectivity index (χ3v) is 3.85. The maximum absolute atomic E-state index is 12.5. The molecule has 0 spiro atoms. The second kappa shape index (κ2) is 7.03. The Morgan fingerprint density at radius 2 is 1.92 bits per heavy atom. The standard InChI is InChI=1S/C19H21NO4/c1-3-10-20-19(12(2)21)23-13-8-9-15-17(11-13)24-16-7-5-4-6-14(16)18(15)22/h4-9,11-12,19-21H,3,10H2,1-2H3. The van der Waals surface area contributed by atoms with E-state index >= 15 is 0 Å². The lowest BCUT2D eigenvalue weighted by atomic mass is 10.1. The number of aliphatic hydroxyl groups excluding tert-OH is 1. The number of aliphatic hydroxyl groups is 1. The molecule has 2 unspecified atom stereocenters. The normalized spacial score (nSPS) is 14.0. The van der Waals surface area contributed by atoms with Crippen molar-refractivity contribution >= 4 is 21.9 Å². The summed E-state index contributed by atoms with van der Waals surface area (Å²) in [6.45, 7) is 4.45. The number of benzene rings is 2. The van der Waals surface area contributed by atoms with Gasteiger partial charge in [0.2, 0.25) is 5.43 Å². The Hall–Kier alpha value is -2.37. The molecule has 5 heteroatoms. The van der Waals surface area contributed by atoms with Crippen LogP contribution in [-0.4, -0.2) is 24.0 Å². The minimum Gasteiger partial charge on any atom is -0.472 e. The third-order valence-electron chi connectivity index (χ3n) is 3.85. The van der Waals surface area contributed by atoms with Gasteiger partial charge in [-0.15, -0.1) is 0 Å². The number of nitrogens with one attached hydrogen (secondary N) is 1. The van der Waals surface area contributed by atoms with Crippen molar-refractivity contribution in [2.75, 3.05) is 6.54 Å². The van der Waals surface area contributed by atoms with E-state index in [4.69, 9.17) is 9.15 Å². The minimum atomic E-state index is -0.671. The SMILES string of the molecule is CCCNC(Oc1ccc2c(=O)c3ccccc3oc2c1)C(C)O. The van der Waals surface area contributed by atoms with Gasteiger partial charge in [0.1, 0.15) is 23.0 Å². The maximum atomic E-state index is 12.5. The number of rotatable bonds is 6. The molecule has 0 aliphatic rings. The average Bonchev–Trinajstić information content (AvgIpc) is 2.58. The first kappa shape index (κ1) is 16.5. The zero-order chi connectivity index (χ0) is 17.1. The van der Waals surface area contributed by atoms with Gasteiger partial charge in [-0.1, -0.05) is 19.1 Å². The highest BCUT2D eigenvalue weighted by Gasteiger charge is 2.16. The maximum Gasteiger partial charge on any atom is 0.200 e. The number of para-hydroxylation sites is 1. The quantitative estimate of drug-likeness (QED) is 0.538. The highest BCUT2D eigenvalue weighted by atomic mass is 16.5. The third kappa shape index (κ3) is 3.27. The van der Waals surface area contributed by atoms with Crippen LogP contribution in [0.1, 0.15) is 20.3 Å². The van der Waals surface area contributed by atoms with Crippen LogP contribution in [0.4, 0.5) is 0 Å². The Bertz CT molecular complexity index is 901. The van der Waals surface area contributed by atoms with Crippen molar-refractivity contribution in [1.29, 1.82) is 0 Å². The molecule has 3 aromatic rings. The van der Waals surface area contributed by atoms with E-state index in [1.165, 1.54) is 0 Å². The summed E-state index contributed by atoms with van der Waals surface area (Å²) < 4.78 is 11.6. The summed E-state index contributed by atoms with van der Waals surface area (Å²) in [7, 11) is 0. The second-order valence-corrected chi connectivity index (χ2v) is 5.82. The van der Waals surface area contributed by atoms with Crippen LogP contribution < -0.4 is 15.5 Å². The van der Waals surface area contributed by atoms with Gasteiger partial charge in [0.25, 0.3) is 0 Å². The van der Waals surface area contributed by atoms with Gasteiger partial charge in [-0.05, 0) is 44.2 Å². The lowest BCUT2D eigenvalue weighted by molar-refractivity contribution is 0.0273. The van der Waals surface area contributed by atoms with Crippen molar-refractivity contribution < 1.29 is 14.3 Å². The average molecular weight is 327 g/mol. The van der Waals surface area contributed by atoms with E-state index in [2.05, 4.69) is 5.32 Å². The van der Waals surface area contributed by atoms with Crippen LogP contribution in [0.15, 0.2) is 51.7 Å². The predicted octanol–water partition coefficient (Wildman–Crippen LogP) is 3.03. The number of ether oxygens (including phenoxy) is 1. The molecule has 1 aromatic heterocycles. The lowest BCUT2D eigenvalue weighted by Crippen LogP contribution is -2.43. The Labute approximate surface area is 139 Å². The van der Waals surface area contributed by atoms with Gasteiger partial charge in [0, 0.05) is 6.07 Å². The molecule has 5 nitrogen and oxygen atoms in total. The molecule has 2 atom stereocenters. The first-order valence-corrected chi connectivity index (χ1v) is 8.14. The molecule has 0 radical (unpaired) electrons. The Balaban J connectivity index is 1.98. The van der Waals surface area contributed by atoms with Crippen molar-refractivity contribution in [3.05, 3.63) is 52.7 Å². The van der Waals surface area contributed by atoms with E-state index in [0.717, 1.165) is 13.0 Å². The topological polar surface area (TPSA) is 71.7 Å². The van der Waals surface area contributed by atoms with Gasteiger partial charge >= 0.3 is 0 Å². The molecular weight excluding hydrogens is 306 g/mol. The molecule has 2 aromatic carbocycles. The Kier molecular flexibility index (Phi) is 4.83. The summed E-state index contributed by atoms with van der Waals surface area (Å²) in [4.78, 5) is 12.5. The molecular formula is C19H21NO4. The van der Waals surface area contributed by atoms with Crippen molar-refractivity contribution in [3.63, 3.8) is 0 Å². The highest BCUT2D eigenvalue weighted by Crippen LogP contribution is 2.23. The smallest absolute Gasteiger partial charge is 0.200 e. The summed E-state index contributed by atoms with van der Waals surface area (Å²) >= 11 is 0. The molecule has 3 rings (SSSR count). The molecule has 0 saturated heterocycles. The van der Waals surface area contributed by atoms with Crippen LogP contribution in [0, 0.1) is 0 Å². The first-order chi connectivity index (χ1) is 11.6. The molecule has 0 amide bonds. The lowest BCUT2D eigenvalue weighted by Gasteiger charge is -2.22. The van der Waals surface area contributed by atoms with E-state index in [1.807, 2.05) is 19.1 Å². The molecule has 0 saturated carbocycles. The predicted molar refractivity (Wildman–Crippen MR) is 94.4 cm³/mol. The van der Waals surface area contributed by atoms with Gasteiger partial charge in [0.05, 0.1) is 10.8 Å². The van der Waals surface area contributed by atoms with Crippen LogP contribution in [0.2, 0.25) is 0 Å². The van der Waals surface area contributed by atoms with Gasteiger partial charge < -0.3 is 14.3 Å². The van der Waals surface area contributed by atoms with Crippen molar-refractivity contribution in [2.45, 2.75) is 32.6 Å². The van der Waals surface area contributed by atoms with E-state index in [1.54, 1.807) is 37.3 Å². The molecule has 2 N–H and O–H groups in total. The summed E-state index contributed by atoms with van der Waals surface area (Å²) in [5.41, 5.74) is 0.953. The Morgan fingerprint density at radius 3 is 2.67 bits per heavy atom. The summed E-state index contributed by atoms with van der Waals surface area (Å²) in [6.07, 6.45) is -0.254. The fourth-order valence-electron chi connectivity index (χ4n) is 2.60. The number of fused-ring (bicyclic) bond motifs is 2. The summed E-state index contributed by atoms with van der Waals surface area (Å²) in [5.74, 6) is 0.537. The number of hydrogen-bond acceptors (Lipinski definition) is 5. The van der Waals surface area contributed by atoms with E-state index < -0.39 is 12.3 Å². The fraction of sp³-hybridized carbons (Fsp3) is 0.316. The van der Waals surface area contributed by atoms with Crippen molar-refractivity contribution in [1.82, 2.24) is 5.32 Å². The van der Waals surface area contributed by atoms with Gasteiger partial charge in [-0.2, -0.15) is 0 Å². The van der Waals surface area contributed by atoms with Gasteiger partial charge in [-0.3, -0.25) is 10.1 Å². The van der Waals surface area contributed by atoms with Crippen LogP contribution >= 0.6 is 0 Å². The molecule has 0 aliphatic carbocycles. The molecule has 126 valence electrons. The molecule has 0 bridgehead atoms. The van der Waals surface area contributed by atoms with Crippen molar-refractivity contribution in [3.8, 4) is 5.75 Å². The van der Waals surface area contributed by atoms with Gasteiger partial charge in [0.15, 0.2) is 6.23 Å². The highest BCUT2D eigenvalue weighted by molar-refractivity contribution is 5.90. The van der Waals surface area contributed by atoms with Gasteiger partial charge in [-0.25, -0.2) is 0 Å². The fourth-order valence-corrected chi connectivity index (χ4v) is 2.60. The summed E-state index contributed by atoms with van der Waals surface area (Å²) in [6, 6.07) is 12.3.